The summed E-state index contributed by atoms with van der Waals surface area (Å²) in [6.07, 6.45) is 3.20. The number of halogens is 1. The Bertz CT molecular complexity index is 815. The van der Waals surface area contributed by atoms with Crippen LogP contribution in [0.2, 0.25) is 5.02 Å². The van der Waals surface area contributed by atoms with Crippen LogP contribution in [0.15, 0.2) is 65.4 Å². The second kappa shape index (κ2) is 6.67. The van der Waals surface area contributed by atoms with E-state index in [9.17, 15) is 4.79 Å². The van der Waals surface area contributed by atoms with Crippen molar-refractivity contribution in [3.63, 3.8) is 0 Å². The molecule has 2 aromatic heterocycles. The van der Waals surface area contributed by atoms with Crippen LogP contribution < -0.4 is 5.32 Å². The van der Waals surface area contributed by atoms with Crippen molar-refractivity contribution >= 4 is 17.5 Å². The van der Waals surface area contributed by atoms with Gasteiger partial charge < -0.3 is 9.73 Å². The first-order valence-corrected chi connectivity index (χ1v) is 7.54. The van der Waals surface area contributed by atoms with Crippen molar-refractivity contribution < 1.29 is 9.21 Å². The Labute approximate surface area is 139 Å². The van der Waals surface area contributed by atoms with Gasteiger partial charge in [-0.2, -0.15) is 0 Å². The Hall–Kier alpha value is -2.59. The fourth-order valence-electron chi connectivity index (χ4n) is 2.39. The lowest BCUT2D eigenvalue weighted by atomic mass is 10.0. The molecular weight excluding hydrogens is 312 g/mol. The largest absolute Gasteiger partial charge is 0.469 e. The van der Waals surface area contributed by atoms with Crippen molar-refractivity contribution in [1.29, 1.82) is 0 Å². The number of pyridine rings is 1. The number of carbonyl (C=O) groups excluding carboxylic acids is 1. The predicted molar refractivity (Wildman–Crippen MR) is 88.4 cm³/mol. The number of nitrogens with one attached hydrogen (secondary N) is 1. The molecule has 0 aliphatic heterocycles. The molecule has 0 radical (unpaired) electrons. The van der Waals surface area contributed by atoms with Crippen molar-refractivity contribution in [3.05, 3.63) is 88.6 Å². The van der Waals surface area contributed by atoms with E-state index in [1.807, 2.05) is 36.4 Å². The molecule has 0 aliphatic carbocycles. The molecule has 0 unspecified atom stereocenters. The van der Waals surface area contributed by atoms with Crippen molar-refractivity contribution in [3.8, 4) is 0 Å². The topological polar surface area (TPSA) is 55.1 Å². The Morgan fingerprint density at radius 2 is 2.09 bits per heavy atom. The van der Waals surface area contributed by atoms with Crippen molar-refractivity contribution in [2.45, 2.75) is 13.0 Å². The van der Waals surface area contributed by atoms with Crippen molar-refractivity contribution in [2.75, 3.05) is 0 Å². The number of aromatic nitrogens is 1. The quantitative estimate of drug-likeness (QED) is 0.783. The van der Waals surface area contributed by atoms with Crippen LogP contribution in [-0.2, 0) is 0 Å². The normalized spacial score (nSPS) is 11.9. The maximum Gasteiger partial charge on any atom is 0.255 e. The highest BCUT2D eigenvalue weighted by molar-refractivity contribution is 6.30. The van der Waals surface area contributed by atoms with Gasteiger partial charge in [-0.3, -0.25) is 9.78 Å². The Kier molecular flexibility index (Phi) is 4.44. The Balaban J connectivity index is 1.96. The molecule has 116 valence electrons. The van der Waals surface area contributed by atoms with Gasteiger partial charge in [-0.25, -0.2) is 0 Å². The van der Waals surface area contributed by atoms with Gasteiger partial charge in [0.15, 0.2) is 0 Å². The summed E-state index contributed by atoms with van der Waals surface area (Å²) in [5.41, 5.74) is 2.11. The Morgan fingerprint density at radius 3 is 2.74 bits per heavy atom. The van der Waals surface area contributed by atoms with Crippen LogP contribution in [0.1, 0.15) is 33.4 Å². The lowest BCUT2D eigenvalue weighted by molar-refractivity contribution is 0.0940. The molecule has 0 aliphatic rings. The van der Waals surface area contributed by atoms with Gasteiger partial charge in [0, 0.05) is 11.2 Å². The van der Waals surface area contributed by atoms with Crippen LogP contribution in [0.3, 0.4) is 0 Å². The van der Waals surface area contributed by atoms with E-state index < -0.39 is 6.04 Å². The van der Waals surface area contributed by atoms with Crippen LogP contribution in [0.4, 0.5) is 0 Å². The summed E-state index contributed by atoms with van der Waals surface area (Å²) in [6, 6.07) is 14.2. The van der Waals surface area contributed by atoms with E-state index in [2.05, 4.69) is 10.3 Å². The molecule has 0 bridgehead atoms. The number of aryl methyl sites for hydroxylation is 1. The number of nitrogens with zero attached hydrogens (tertiary/aromatic N) is 1. The second-order valence-electron chi connectivity index (χ2n) is 5.11. The van der Waals surface area contributed by atoms with Gasteiger partial charge in [0.2, 0.25) is 0 Å². The SMILES string of the molecule is Cc1occc1C(=O)N[C@@H](c1cccc(Cl)c1)c1ccccn1. The van der Waals surface area contributed by atoms with E-state index in [0.29, 0.717) is 16.3 Å². The van der Waals surface area contributed by atoms with Crippen LogP contribution >= 0.6 is 11.6 Å². The molecule has 4 nitrogen and oxygen atoms in total. The first-order chi connectivity index (χ1) is 11.1. The van der Waals surface area contributed by atoms with E-state index in [1.165, 1.54) is 6.26 Å². The summed E-state index contributed by atoms with van der Waals surface area (Å²) in [6.45, 7) is 1.75. The number of amides is 1. The third-order valence-corrected chi connectivity index (χ3v) is 3.78. The first kappa shape index (κ1) is 15.3. The minimum Gasteiger partial charge on any atom is -0.469 e. The van der Waals surface area contributed by atoms with Gasteiger partial charge in [-0.15, -0.1) is 0 Å². The maximum absolute atomic E-state index is 12.5. The first-order valence-electron chi connectivity index (χ1n) is 7.16. The van der Waals surface area contributed by atoms with Crippen molar-refractivity contribution in [1.82, 2.24) is 10.3 Å². The minimum absolute atomic E-state index is 0.216. The summed E-state index contributed by atoms with van der Waals surface area (Å²) in [7, 11) is 0. The van der Waals surface area contributed by atoms with E-state index in [1.54, 1.807) is 25.3 Å². The summed E-state index contributed by atoms with van der Waals surface area (Å²) in [5.74, 6) is 0.361. The third-order valence-electron chi connectivity index (χ3n) is 3.54. The lowest BCUT2D eigenvalue weighted by Crippen LogP contribution is -2.30. The molecule has 0 saturated carbocycles. The van der Waals surface area contributed by atoms with Gasteiger partial charge in [0.25, 0.3) is 5.91 Å². The molecular formula is C18H15ClN2O2. The van der Waals surface area contributed by atoms with Crippen LogP contribution in [0.5, 0.6) is 0 Å². The van der Waals surface area contributed by atoms with Gasteiger partial charge in [0.05, 0.1) is 23.6 Å². The molecule has 5 heteroatoms. The molecule has 0 spiro atoms. The number of rotatable bonds is 4. The molecule has 1 atom stereocenters. The van der Waals surface area contributed by atoms with E-state index >= 15 is 0 Å². The summed E-state index contributed by atoms with van der Waals surface area (Å²) in [4.78, 5) is 16.9. The number of carbonyl (C=O) groups is 1. The highest BCUT2D eigenvalue weighted by atomic mass is 35.5. The molecule has 0 saturated heterocycles. The molecule has 3 rings (SSSR count). The lowest BCUT2D eigenvalue weighted by Gasteiger charge is -2.19. The fourth-order valence-corrected chi connectivity index (χ4v) is 2.59. The summed E-state index contributed by atoms with van der Waals surface area (Å²) in [5, 5.41) is 3.61. The minimum atomic E-state index is -0.392. The molecule has 1 N–H and O–H groups in total. The number of hydrogen-bond donors (Lipinski definition) is 1. The maximum atomic E-state index is 12.5. The van der Waals surface area contributed by atoms with E-state index in [0.717, 1.165) is 11.3 Å². The second-order valence-corrected chi connectivity index (χ2v) is 5.54. The highest BCUT2D eigenvalue weighted by Crippen LogP contribution is 2.24. The number of benzene rings is 1. The molecule has 1 amide bonds. The van der Waals surface area contributed by atoms with E-state index in [-0.39, 0.29) is 5.91 Å². The standard InChI is InChI=1S/C18H15ClN2O2/c1-12-15(8-10-23-12)18(22)21-17(16-7-2-3-9-20-16)13-5-4-6-14(19)11-13/h2-11,17H,1H3,(H,21,22)/t17-/m0/s1. The van der Waals surface area contributed by atoms with Crippen LogP contribution in [0, 0.1) is 6.92 Å². The number of hydrogen-bond acceptors (Lipinski definition) is 3. The zero-order valence-electron chi connectivity index (χ0n) is 12.5. The number of furan rings is 1. The molecule has 3 aromatic rings. The monoisotopic (exact) mass is 326 g/mol. The molecule has 2 heterocycles. The van der Waals surface area contributed by atoms with Gasteiger partial charge >= 0.3 is 0 Å². The summed E-state index contributed by atoms with van der Waals surface area (Å²) < 4.78 is 5.20. The zero-order valence-corrected chi connectivity index (χ0v) is 13.2. The average Bonchev–Trinajstić information content (AvgIpc) is 2.99. The molecule has 0 fully saturated rings. The molecule has 23 heavy (non-hydrogen) atoms. The molecule has 1 aromatic carbocycles. The van der Waals surface area contributed by atoms with Gasteiger partial charge in [-0.05, 0) is 42.8 Å². The summed E-state index contributed by atoms with van der Waals surface area (Å²) >= 11 is 6.09. The Morgan fingerprint density at radius 1 is 1.22 bits per heavy atom. The van der Waals surface area contributed by atoms with Crippen LogP contribution in [-0.4, -0.2) is 10.9 Å². The van der Waals surface area contributed by atoms with Gasteiger partial charge in [0.1, 0.15) is 5.76 Å². The van der Waals surface area contributed by atoms with Gasteiger partial charge in [-0.1, -0.05) is 29.8 Å². The smallest absolute Gasteiger partial charge is 0.255 e. The highest BCUT2D eigenvalue weighted by Gasteiger charge is 2.21. The fraction of sp³-hybridized carbons (Fsp3) is 0.111. The van der Waals surface area contributed by atoms with E-state index in [4.69, 9.17) is 16.0 Å². The van der Waals surface area contributed by atoms with Crippen LogP contribution in [0.25, 0.3) is 0 Å². The predicted octanol–water partition coefficient (Wildman–Crippen LogP) is 4.16. The third kappa shape index (κ3) is 3.43. The zero-order chi connectivity index (χ0) is 16.2. The van der Waals surface area contributed by atoms with Crippen molar-refractivity contribution in [2.24, 2.45) is 0 Å². The average molecular weight is 327 g/mol.